The number of hydrogen-bond acceptors (Lipinski definition) is 4. The fourth-order valence-electron chi connectivity index (χ4n) is 2.97. The van der Waals surface area contributed by atoms with Gasteiger partial charge in [0.25, 0.3) is 0 Å². The van der Waals surface area contributed by atoms with Gasteiger partial charge in [-0.1, -0.05) is 24.3 Å². The van der Waals surface area contributed by atoms with Gasteiger partial charge in [0.1, 0.15) is 11.3 Å². The lowest BCUT2D eigenvalue weighted by Gasteiger charge is -2.20. The zero-order valence-corrected chi connectivity index (χ0v) is 12.4. The summed E-state index contributed by atoms with van der Waals surface area (Å²) >= 11 is 0. The Balaban J connectivity index is 1.76. The summed E-state index contributed by atoms with van der Waals surface area (Å²) in [6.45, 7) is 0.547. The van der Waals surface area contributed by atoms with Crippen molar-refractivity contribution in [3.8, 4) is 0 Å². The predicted molar refractivity (Wildman–Crippen MR) is 88.1 cm³/mol. The summed E-state index contributed by atoms with van der Waals surface area (Å²) in [7, 11) is 2.01. The van der Waals surface area contributed by atoms with Crippen molar-refractivity contribution in [2.24, 2.45) is 12.8 Å². The molecule has 0 bridgehead atoms. The Bertz CT molecular complexity index is 891. The van der Waals surface area contributed by atoms with Gasteiger partial charge >= 0.3 is 0 Å². The van der Waals surface area contributed by atoms with Crippen LogP contribution in [0.1, 0.15) is 16.7 Å². The molecule has 110 valence electrons. The lowest BCUT2D eigenvalue weighted by atomic mass is 10.0. The first-order valence-corrected chi connectivity index (χ1v) is 7.31. The number of anilines is 1. The molecule has 0 saturated carbocycles. The second-order valence-corrected chi connectivity index (χ2v) is 5.53. The summed E-state index contributed by atoms with van der Waals surface area (Å²) in [5, 5.41) is 3.44. The van der Waals surface area contributed by atoms with Crippen molar-refractivity contribution in [3.63, 3.8) is 0 Å². The highest BCUT2D eigenvalue weighted by molar-refractivity contribution is 5.88. The molecule has 1 aliphatic heterocycles. The number of pyridine rings is 1. The van der Waals surface area contributed by atoms with E-state index in [2.05, 4.69) is 33.5 Å². The van der Waals surface area contributed by atoms with E-state index in [1.165, 1.54) is 5.56 Å². The number of fused-ring (bicyclic) bond motifs is 3. The molecule has 0 aliphatic carbocycles. The lowest BCUT2D eigenvalue weighted by Crippen LogP contribution is -2.10. The molecule has 0 atom stereocenters. The number of imidazole rings is 1. The number of rotatable bonds is 2. The second kappa shape index (κ2) is 4.96. The van der Waals surface area contributed by atoms with Gasteiger partial charge in [-0.15, -0.1) is 0 Å². The largest absolute Gasteiger partial charge is 0.340 e. The molecule has 4 rings (SSSR count). The summed E-state index contributed by atoms with van der Waals surface area (Å²) in [5.41, 5.74) is 12.3. The molecule has 0 spiro atoms. The molecule has 3 heterocycles. The van der Waals surface area contributed by atoms with Crippen LogP contribution in [-0.4, -0.2) is 14.5 Å². The van der Waals surface area contributed by atoms with Crippen molar-refractivity contribution in [3.05, 3.63) is 59.6 Å². The van der Waals surface area contributed by atoms with Gasteiger partial charge in [-0.25, -0.2) is 9.97 Å². The van der Waals surface area contributed by atoms with Crippen molar-refractivity contribution < 1.29 is 0 Å². The molecule has 1 aliphatic rings. The van der Waals surface area contributed by atoms with Crippen LogP contribution in [0.3, 0.4) is 0 Å². The molecule has 22 heavy (non-hydrogen) atoms. The monoisotopic (exact) mass is 291 g/mol. The van der Waals surface area contributed by atoms with Crippen molar-refractivity contribution in [2.75, 3.05) is 5.32 Å². The summed E-state index contributed by atoms with van der Waals surface area (Å²) in [4.78, 5) is 8.89. The third-order valence-corrected chi connectivity index (χ3v) is 4.09. The number of aryl methyl sites for hydroxylation is 1. The second-order valence-electron chi connectivity index (χ2n) is 5.53. The zero-order chi connectivity index (χ0) is 15.1. The molecular formula is C17H17N5. The van der Waals surface area contributed by atoms with Crippen LogP contribution >= 0.6 is 0 Å². The molecule has 1 aromatic carbocycles. The smallest absolute Gasteiger partial charge is 0.136 e. The number of aromatic nitrogens is 3. The summed E-state index contributed by atoms with van der Waals surface area (Å²) in [6, 6.07) is 8.28. The van der Waals surface area contributed by atoms with E-state index in [-0.39, 0.29) is 0 Å². The van der Waals surface area contributed by atoms with Crippen molar-refractivity contribution >= 4 is 22.5 Å². The molecule has 5 heteroatoms. The minimum absolute atomic E-state index is 0.547. The fourth-order valence-corrected chi connectivity index (χ4v) is 2.97. The van der Waals surface area contributed by atoms with E-state index in [1.807, 2.05) is 36.3 Å². The van der Waals surface area contributed by atoms with Crippen molar-refractivity contribution in [1.29, 1.82) is 0 Å². The van der Waals surface area contributed by atoms with Crippen molar-refractivity contribution in [2.45, 2.75) is 13.0 Å². The minimum Gasteiger partial charge on any atom is -0.340 e. The fraction of sp³-hybridized carbons (Fsp3) is 0.176. The van der Waals surface area contributed by atoms with Crippen LogP contribution in [0.15, 0.2) is 42.9 Å². The maximum absolute atomic E-state index is 5.73. The molecule has 0 radical (unpaired) electrons. The quantitative estimate of drug-likeness (QED) is 0.761. The highest BCUT2D eigenvalue weighted by atomic mass is 15.1. The number of nitrogens with zero attached hydrogens (tertiary/aromatic N) is 3. The van der Waals surface area contributed by atoms with Gasteiger partial charge in [0, 0.05) is 24.9 Å². The molecule has 0 unspecified atom stereocenters. The molecular weight excluding hydrogens is 274 g/mol. The molecule has 3 N–H and O–H groups in total. The Kier molecular flexibility index (Phi) is 2.94. The highest BCUT2D eigenvalue weighted by Crippen LogP contribution is 2.31. The van der Waals surface area contributed by atoms with Gasteiger partial charge < -0.3 is 15.6 Å². The third-order valence-electron chi connectivity index (χ3n) is 4.09. The van der Waals surface area contributed by atoms with Crippen LogP contribution in [0.2, 0.25) is 0 Å². The summed E-state index contributed by atoms with van der Waals surface area (Å²) in [6.07, 6.45) is 6.69. The molecule has 5 nitrogen and oxygen atoms in total. The Labute approximate surface area is 128 Å². The molecule has 0 fully saturated rings. The van der Waals surface area contributed by atoms with E-state index in [9.17, 15) is 0 Å². The van der Waals surface area contributed by atoms with Crippen LogP contribution < -0.4 is 11.1 Å². The predicted octanol–water partition coefficient (Wildman–Crippen LogP) is 2.44. The number of nitrogens with two attached hydrogens (primary N) is 1. The first-order chi connectivity index (χ1) is 10.8. The summed E-state index contributed by atoms with van der Waals surface area (Å²) in [5.74, 6) is 0.909. The van der Waals surface area contributed by atoms with E-state index < -0.39 is 0 Å². The molecule has 0 saturated heterocycles. The van der Waals surface area contributed by atoms with Crippen LogP contribution in [-0.2, 0) is 20.0 Å². The maximum Gasteiger partial charge on any atom is 0.136 e. The van der Waals surface area contributed by atoms with Gasteiger partial charge in [-0.3, -0.25) is 0 Å². The topological polar surface area (TPSA) is 68.8 Å². The first kappa shape index (κ1) is 13.0. The van der Waals surface area contributed by atoms with E-state index in [4.69, 9.17) is 5.73 Å². The Morgan fingerprint density at radius 1 is 1.32 bits per heavy atom. The van der Waals surface area contributed by atoms with Crippen LogP contribution in [0.25, 0.3) is 16.7 Å². The normalized spacial score (nSPS) is 13.6. The van der Waals surface area contributed by atoms with E-state index >= 15 is 0 Å². The minimum atomic E-state index is 0.547. The lowest BCUT2D eigenvalue weighted by molar-refractivity contribution is 0.939. The number of nitrogens with one attached hydrogen (secondary N) is 1. The number of allylic oxidation sites excluding steroid dienone is 1. The highest BCUT2D eigenvalue weighted by Gasteiger charge is 2.17. The standard InChI is InChI=1S/C17H17N5/c1-22-10-20-15-9-19-17-13(16(15)22)5-6-14(21-17)12-4-2-3-11(7-12)8-18/h2-4,6-7,9-10H,5,8,18H2,1H3,(H,19,21). The van der Waals surface area contributed by atoms with Gasteiger partial charge in [0.15, 0.2) is 0 Å². The Hall–Kier alpha value is -2.66. The van der Waals surface area contributed by atoms with Crippen molar-refractivity contribution in [1.82, 2.24) is 14.5 Å². The van der Waals surface area contributed by atoms with Crippen LogP contribution in [0, 0.1) is 0 Å². The van der Waals surface area contributed by atoms with E-state index in [0.717, 1.165) is 40.1 Å². The SMILES string of the molecule is Cn1cnc2cnc3c(c21)CC=C(c1cccc(CN)c1)N3. The van der Waals surface area contributed by atoms with Crippen LogP contribution in [0.5, 0.6) is 0 Å². The molecule has 3 aromatic rings. The molecule has 0 amide bonds. The Morgan fingerprint density at radius 2 is 2.23 bits per heavy atom. The van der Waals surface area contributed by atoms with Gasteiger partial charge in [0.2, 0.25) is 0 Å². The maximum atomic E-state index is 5.73. The number of benzene rings is 1. The van der Waals surface area contributed by atoms with Gasteiger partial charge in [0.05, 0.1) is 18.0 Å². The van der Waals surface area contributed by atoms with E-state index in [0.29, 0.717) is 6.54 Å². The average molecular weight is 291 g/mol. The van der Waals surface area contributed by atoms with Gasteiger partial charge in [-0.05, 0) is 23.6 Å². The zero-order valence-electron chi connectivity index (χ0n) is 12.4. The third kappa shape index (κ3) is 1.98. The molecule has 2 aromatic heterocycles. The Morgan fingerprint density at radius 3 is 3.09 bits per heavy atom. The van der Waals surface area contributed by atoms with Gasteiger partial charge in [-0.2, -0.15) is 0 Å². The van der Waals surface area contributed by atoms with E-state index in [1.54, 1.807) is 0 Å². The number of hydrogen-bond donors (Lipinski definition) is 2. The summed E-state index contributed by atoms with van der Waals surface area (Å²) < 4.78 is 2.05. The van der Waals surface area contributed by atoms with Crippen LogP contribution in [0.4, 0.5) is 5.82 Å². The first-order valence-electron chi connectivity index (χ1n) is 7.31. The average Bonchev–Trinajstić information content (AvgIpc) is 2.96.